The van der Waals surface area contributed by atoms with Crippen LogP contribution in [0.15, 0.2) is 0 Å². The van der Waals surface area contributed by atoms with Gasteiger partial charge in [-0.2, -0.15) is 0 Å². The molecule has 1 N–H and O–H groups in total. The average Bonchev–Trinajstić information content (AvgIpc) is 2.46. The van der Waals surface area contributed by atoms with Gasteiger partial charge in [-0.25, -0.2) is 4.79 Å². The summed E-state index contributed by atoms with van der Waals surface area (Å²) in [6, 6.07) is 0. The Morgan fingerprint density at radius 3 is 2.14 bits per heavy atom. The van der Waals surface area contributed by atoms with E-state index >= 15 is 0 Å². The van der Waals surface area contributed by atoms with Gasteiger partial charge in [0, 0.05) is 20.8 Å². The number of hydrogen-bond donors (Lipinski definition) is 1. The van der Waals surface area contributed by atoms with E-state index in [1.54, 1.807) is 0 Å². The van der Waals surface area contributed by atoms with Crippen LogP contribution in [0, 0.1) is 12.8 Å². The number of hydrogen-bond acceptors (Lipinski definition) is 6. The van der Waals surface area contributed by atoms with Crippen LogP contribution in [0.3, 0.4) is 0 Å². The van der Waals surface area contributed by atoms with Crippen LogP contribution < -0.4 is 59.1 Å². The summed E-state index contributed by atoms with van der Waals surface area (Å²) < 4.78 is 7.23. The van der Waals surface area contributed by atoms with E-state index < -0.39 is 6.10 Å². The molecule has 0 aromatic carbocycles. The van der Waals surface area contributed by atoms with Crippen molar-refractivity contribution < 1.29 is 73.8 Å². The Bertz CT molecular complexity index is 299. The minimum absolute atomic E-state index is 0. The van der Waals surface area contributed by atoms with E-state index in [1.807, 2.05) is 4.31 Å². The van der Waals surface area contributed by atoms with E-state index in [0.29, 0.717) is 35.5 Å². The van der Waals surface area contributed by atoms with Gasteiger partial charge in [-0.05, 0) is 41.5 Å². The predicted molar refractivity (Wildman–Crippen MR) is 95.3 cm³/mol. The van der Waals surface area contributed by atoms with Crippen molar-refractivity contribution >= 4 is 55.1 Å². The molecule has 0 saturated heterocycles. The van der Waals surface area contributed by atoms with Crippen LogP contribution in [0.5, 0.6) is 0 Å². The molecule has 0 aliphatic rings. The van der Waals surface area contributed by atoms with Gasteiger partial charge in [0.05, 0.1) is 12.7 Å². The molecule has 2 atom stereocenters. The first-order valence-electron chi connectivity index (χ1n) is 5.87. The number of nitrogens with zero attached hydrogens (tertiary/aromatic N) is 1. The summed E-state index contributed by atoms with van der Waals surface area (Å²) >= 11 is 12.0. The molecule has 0 aliphatic heterocycles. The van der Waals surface area contributed by atoms with Crippen molar-refractivity contribution in [2.45, 2.75) is 26.4 Å². The van der Waals surface area contributed by atoms with Gasteiger partial charge in [0.15, 0.2) is 0 Å². The third-order valence-electron chi connectivity index (χ3n) is 1.94. The van der Waals surface area contributed by atoms with Crippen molar-refractivity contribution in [3.8, 4) is 0 Å². The normalized spacial score (nSPS) is 10.4. The monoisotopic (exact) mass is 401 g/mol. The Morgan fingerprint density at radius 1 is 1.36 bits per heavy atom. The Labute approximate surface area is 197 Å². The molecule has 0 heterocycles. The Kier molecular flexibility index (Phi) is 55.2. The molecule has 22 heavy (non-hydrogen) atoms. The van der Waals surface area contributed by atoms with E-state index in [0.717, 1.165) is 13.0 Å². The van der Waals surface area contributed by atoms with Crippen molar-refractivity contribution in [3.63, 3.8) is 0 Å². The summed E-state index contributed by atoms with van der Waals surface area (Å²) in [4.78, 5) is 8.91. The second kappa shape index (κ2) is 34.5. The molecule has 0 rings (SSSR count). The smallest absolute Gasteiger partial charge is 0.686 e. The van der Waals surface area contributed by atoms with Gasteiger partial charge in [0.1, 0.15) is 0 Å². The summed E-state index contributed by atoms with van der Waals surface area (Å²) in [6.45, 7) is 9.87. The maximum atomic E-state index is 9.32. The van der Waals surface area contributed by atoms with Crippen molar-refractivity contribution in [1.82, 2.24) is 0 Å². The minimum atomic E-state index is -0.467. The molecule has 0 amide bonds. The number of carbonyl (C=O) groups excluding carboxylic acids is 1. The third-order valence-corrected chi connectivity index (χ3v) is 2.21. The van der Waals surface area contributed by atoms with Crippen molar-refractivity contribution in [3.05, 3.63) is 12.2 Å². The number of aliphatic hydroxyl groups is 1. The van der Waals surface area contributed by atoms with Gasteiger partial charge in [-0.1, -0.05) is 20.3 Å². The quantitative estimate of drug-likeness (QED) is 0.256. The van der Waals surface area contributed by atoms with Crippen LogP contribution in [-0.4, -0.2) is 47.1 Å². The van der Waals surface area contributed by atoms with Crippen LogP contribution in [0.2, 0.25) is 0 Å². The van der Waals surface area contributed by atoms with Gasteiger partial charge in [0.2, 0.25) is 5.23 Å². The van der Waals surface area contributed by atoms with Crippen molar-refractivity contribution in [2.24, 2.45) is 5.92 Å². The fourth-order valence-electron chi connectivity index (χ4n) is 0.816. The summed E-state index contributed by atoms with van der Waals surface area (Å²) in [5.74, 6) is 0.567. The minimum Gasteiger partial charge on any atom is -0.686 e. The third kappa shape index (κ3) is 43.2. The second-order valence-electron chi connectivity index (χ2n) is 3.58. The second-order valence-corrected chi connectivity index (χ2v) is 5.08. The van der Waals surface area contributed by atoms with Crippen LogP contribution in [0.25, 0.3) is 5.32 Å². The van der Waals surface area contributed by atoms with E-state index in [2.05, 4.69) is 61.7 Å². The maximum absolute atomic E-state index is 9.32. The molecular weight excluding hydrogens is 380 g/mol. The van der Waals surface area contributed by atoms with E-state index in [1.165, 1.54) is 5.23 Å². The molecule has 118 valence electrons. The molecule has 0 saturated carbocycles. The topological polar surface area (TPSA) is 60.6 Å². The number of thiocarbonyl (C=S) groups is 2. The SMILES string of the molecule is O=C=S=S.S=C=S.[CH2-]C[N-]CC(O)COCC(C)CC.[Na+].[Na+]. The summed E-state index contributed by atoms with van der Waals surface area (Å²) in [5.41, 5.74) is 0. The molecule has 0 bridgehead atoms. The number of aliphatic hydroxyl groups excluding tert-OH is 1. The molecular formula is C12H21NNa2O3S4. The molecule has 0 spiro atoms. The fourth-order valence-corrected chi connectivity index (χ4v) is 0.816. The Morgan fingerprint density at radius 2 is 1.82 bits per heavy atom. The molecule has 10 heteroatoms. The van der Waals surface area contributed by atoms with Crippen molar-refractivity contribution in [1.29, 1.82) is 0 Å². The van der Waals surface area contributed by atoms with Crippen molar-refractivity contribution in [2.75, 3.05) is 26.3 Å². The summed E-state index contributed by atoms with van der Waals surface area (Å²) in [6.07, 6.45) is 0.644. The zero-order valence-electron chi connectivity index (χ0n) is 13.7. The Hall–Kier alpha value is 2.12. The van der Waals surface area contributed by atoms with Gasteiger partial charge in [-0.3, -0.25) is 6.54 Å². The fraction of sp³-hybridized carbons (Fsp3) is 0.750. The van der Waals surface area contributed by atoms with Crippen LogP contribution in [0.4, 0.5) is 0 Å². The molecule has 4 nitrogen and oxygen atoms in total. The van der Waals surface area contributed by atoms with E-state index in [-0.39, 0.29) is 59.1 Å². The number of rotatable bonds is 8. The van der Waals surface area contributed by atoms with E-state index in [9.17, 15) is 5.11 Å². The first-order valence-corrected chi connectivity index (χ1v) is 8.43. The summed E-state index contributed by atoms with van der Waals surface area (Å²) in [5, 5.41) is 14.7. The molecule has 0 radical (unpaired) electrons. The van der Waals surface area contributed by atoms with E-state index in [4.69, 9.17) is 9.53 Å². The zero-order valence-corrected chi connectivity index (χ0v) is 21.0. The van der Waals surface area contributed by atoms with Gasteiger partial charge in [0.25, 0.3) is 0 Å². The van der Waals surface area contributed by atoms with Crippen LogP contribution >= 0.6 is 24.4 Å². The average molecular weight is 402 g/mol. The van der Waals surface area contributed by atoms with Gasteiger partial charge < -0.3 is 22.1 Å². The molecule has 0 aromatic heterocycles. The molecule has 0 aromatic rings. The first-order chi connectivity index (χ1) is 9.53. The molecule has 2 unspecified atom stereocenters. The predicted octanol–water partition coefficient (Wildman–Crippen LogP) is -3.76. The maximum Gasteiger partial charge on any atom is 1.00 e. The number of ether oxygens (including phenoxy) is 1. The first kappa shape index (κ1) is 35.3. The van der Waals surface area contributed by atoms with Crippen LogP contribution in [-0.2, 0) is 30.6 Å². The largest absolute Gasteiger partial charge is 1.00 e. The summed E-state index contributed by atoms with van der Waals surface area (Å²) in [7, 11) is 0.634. The molecule has 0 fully saturated rings. The molecule has 0 aliphatic carbocycles. The van der Waals surface area contributed by atoms with Crippen LogP contribution in [0.1, 0.15) is 20.3 Å². The van der Waals surface area contributed by atoms with Gasteiger partial charge in [-0.15, -0.1) is 6.54 Å². The standard InChI is InChI=1S/C10H21NO2.COS2.CS2.2Na/c1-4-9(3)7-13-8-10(12)6-11-5-2;2-1-4-3;2-1-3;;/h9-10,12H,2,4-8H2,1,3H3;;;;/q-2;;;2*+1. The Balaban J connectivity index is -0.0000000910. The zero-order chi connectivity index (χ0) is 16.2. The van der Waals surface area contributed by atoms with Gasteiger partial charge >= 0.3 is 59.1 Å².